The Morgan fingerprint density at radius 1 is 0.885 bits per heavy atom. The maximum absolute atomic E-state index is 13.7. The molecule has 26 heavy (non-hydrogen) atoms. The quantitative estimate of drug-likeness (QED) is 0.769. The number of hydrogen-bond donors (Lipinski definition) is 1. The molecule has 0 radical (unpaired) electrons. The number of nitrogens with one attached hydrogen (secondary N) is 1. The molecular formula is C16H18F2N2O4S2. The fraction of sp³-hybridized carbons (Fsp3) is 0.250. The van der Waals surface area contributed by atoms with Crippen LogP contribution in [0.1, 0.15) is 13.8 Å². The molecule has 2 aromatic carbocycles. The zero-order valence-electron chi connectivity index (χ0n) is 14.1. The molecule has 0 heterocycles. The van der Waals surface area contributed by atoms with Gasteiger partial charge in [-0.25, -0.2) is 25.6 Å². The summed E-state index contributed by atoms with van der Waals surface area (Å²) < 4.78 is 79.9. The molecule has 1 N–H and O–H groups in total. The fourth-order valence-electron chi connectivity index (χ4n) is 2.35. The standard InChI is InChI=1S/C16H18F2N2O4S2/c1-3-20(4-2)26(23,24)13-10-8-12(9-11-13)19-25(21,22)16-14(17)6-5-7-15(16)18/h5-11,19H,3-4H2,1-2H3. The van der Waals surface area contributed by atoms with Crippen molar-refractivity contribution in [3.63, 3.8) is 0 Å². The van der Waals surface area contributed by atoms with E-state index in [-0.39, 0.29) is 10.6 Å². The molecule has 0 amide bonds. The van der Waals surface area contributed by atoms with Gasteiger partial charge in [-0.15, -0.1) is 0 Å². The minimum atomic E-state index is -4.51. The Kier molecular flexibility index (Phi) is 5.99. The highest BCUT2D eigenvalue weighted by atomic mass is 32.2. The van der Waals surface area contributed by atoms with E-state index in [1.807, 2.05) is 4.72 Å². The Labute approximate surface area is 151 Å². The largest absolute Gasteiger partial charge is 0.279 e. The van der Waals surface area contributed by atoms with E-state index in [1.54, 1.807) is 13.8 Å². The van der Waals surface area contributed by atoms with Crippen LogP contribution >= 0.6 is 0 Å². The van der Waals surface area contributed by atoms with E-state index in [1.165, 1.54) is 28.6 Å². The molecule has 10 heteroatoms. The minimum Gasteiger partial charge on any atom is -0.279 e. The summed E-state index contributed by atoms with van der Waals surface area (Å²) >= 11 is 0. The molecule has 0 bridgehead atoms. The van der Waals surface area contributed by atoms with Crippen LogP contribution in [-0.4, -0.2) is 34.2 Å². The number of nitrogens with zero attached hydrogens (tertiary/aromatic N) is 1. The van der Waals surface area contributed by atoms with E-state index in [0.29, 0.717) is 13.1 Å². The first-order chi connectivity index (χ1) is 12.1. The van der Waals surface area contributed by atoms with Crippen LogP contribution in [0, 0.1) is 11.6 Å². The van der Waals surface area contributed by atoms with Crippen LogP contribution in [0.3, 0.4) is 0 Å². The summed E-state index contributed by atoms with van der Waals surface area (Å²) in [7, 11) is -8.20. The topological polar surface area (TPSA) is 83.6 Å². The number of benzene rings is 2. The molecular weight excluding hydrogens is 386 g/mol. The van der Waals surface area contributed by atoms with E-state index in [4.69, 9.17) is 0 Å². The minimum absolute atomic E-state index is 0.0128. The molecule has 0 spiro atoms. The highest BCUT2D eigenvalue weighted by Gasteiger charge is 2.25. The first-order valence-corrected chi connectivity index (χ1v) is 10.6. The number of hydrogen-bond acceptors (Lipinski definition) is 4. The van der Waals surface area contributed by atoms with Crippen molar-refractivity contribution in [2.24, 2.45) is 0 Å². The van der Waals surface area contributed by atoms with Crippen molar-refractivity contribution < 1.29 is 25.6 Å². The third kappa shape index (κ3) is 4.02. The van der Waals surface area contributed by atoms with Gasteiger partial charge in [0.25, 0.3) is 10.0 Å². The van der Waals surface area contributed by atoms with Crippen LogP contribution in [0.15, 0.2) is 52.3 Å². The molecule has 2 rings (SSSR count). The molecule has 0 saturated heterocycles. The molecule has 0 aromatic heterocycles. The van der Waals surface area contributed by atoms with E-state index >= 15 is 0 Å². The van der Waals surface area contributed by atoms with Crippen molar-refractivity contribution in [3.05, 3.63) is 54.1 Å². The summed E-state index contributed by atoms with van der Waals surface area (Å²) in [6.45, 7) is 3.98. The van der Waals surface area contributed by atoms with E-state index < -0.39 is 36.6 Å². The molecule has 0 fully saturated rings. The van der Waals surface area contributed by atoms with Gasteiger partial charge in [0.1, 0.15) is 11.6 Å². The maximum Gasteiger partial charge on any atom is 0.267 e. The Morgan fingerprint density at radius 3 is 1.85 bits per heavy atom. The second-order valence-corrected chi connectivity index (χ2v) is 8.83. The SMILES string of the molecule is CCN(CC)S(=O)(=O)c1ccc(NS(=O)(=O)c2c(F)cccc2F)cc1. The Hall–Kier alpha value is -2.04. The summed E-state index contributed by atoms with van der Waals surface area (Å²) in [5.41, 5.74) is -0.0221. The highest BCUT2D eigenvalue weighted by Crippen LogP contribution is 2.23. The van der Waals surface area contributed by atoms with Crippen molar-refractivity contribution in [3.8, 4) is 0 Å². The molecule has 0 aliphatic rings. The van der Waals surface area contributed by atoms with E-state index in [2.05, 4.69) is 0 Å². The molecule has 142 valence electrons. The van der Waals surface area contributed by atoms with Crippen molar-refractivity contribution >= 4 is 25.7 Å². The first kappa shape index (κ1) is 20.3. The molecule has 0 saturated carbocycles. The molecule has 0 unspecified atom stereocenters. The van der Waals surface area contributed by atoms with Crippen molar-refractivity contribution in [1.82, 2.24) is 4.31 Å². The van der Waals surface area contributed by atoms with Gasteiger partial charge >= 0.3 is 0 Å². The molecule has 0 aliphatic heterocycles. The van der Waals surface area contributed by atoms with Crippen molar-refractivity contribution in [2.45, 2.75) is 23.6 Å². The number of rotatable bonds is 7. The summed E-state index contributed by atoms with van der Waals surface area (Å²) in [4.78, 5) is -1.11. The van der Waals surface area contributed by atoms with Gasteiger partial charge in [0.05, 0.1) is 4.90 Å². The summed E-state index contributed by atoms with van der Waals surface area (Å²) in [6.07, 6.45) is 0. The van der Waals surface area contributed by atoms with E-state index in [0.717, 1.165) is 18.2 Å². The van der Waals surface area contributed by atoms with Crippen molar-refractivity contribution in [1.29, 1.82) is 0 Å². The number of anilines is 1. The van der Waals surface area contributed by atoms with Crippen LogP contribution in [-0.2, 0) is 20.0 Å². The van der Waals surface area contributed by atoms with Crippen LogP contribution in [0.2, 0.25) is 0 Å². The monoisotopic (exact) mass is 404 g/mol. The zero-order valence-corrected chi connectivity index (χ0v) is 15.7. The molecule has 2 aromatic rings. The smallest absolute Gasteiger partial charge is 0.267 e. The van der Waals surface area contributed by atoms with Gasteiger partial charge in [-0.2, -0.15) is 4.31 Å². The van der Waals surface area contributed by atoms with Gasteiger partial charge in [0, 0.05) is 18.8 Å². The Bertz CT molecular complexity index is 967. The summed E-state index contributed by atoms with van der Waals surface area (Å²) in [6, 6.07) is 7.59. The lowest BCUT2D eigenvalue weighted by molar-refractivity contribution is 0.445. The number of sulfonamides is 2. The lowest BCUT2D eigenvalue weighted by atomic mass is 10.3. The second kappa shape index (κ2) is 7.68. The lowest BCUT2D eigenvalue weighted by Gasteiger charge is -2.18. The van der Waals surface area contributed by atoms with Gasteiger partial charge in [-0.1, -0.05) is 19.9 Å². The molecule has 0 aliphatic carbocycles. The maximum atomic E-state index is 13.7. The normalized spacial score (nSPS) is 12.3. The Balaban J connectivity index is 2.33. The van der Waals surface area contributed by atoms with Gasteiger partial charge in [0.2, 0.25) is 10.0 Å². The highest BCUT2D eigenvalue weighted by molar-refractivity contribution is 7.92. The first-order valence-electron chi connectivity index (χ1n) is 7.70. The molecule has 0 atom stereocenters. The van der Waals surface area contributed by atoms with E-state index in [9.17, 15) is 25.6 Å². The average Bonchev–Trinajstić information content (AvgIpc) is 2.55. The van der Waals surface area contributed by atoms with Gasteiger partial charge < -0.3 is 0 Å². The third-order valence-corrected chi connectivity index (χ3v) is 7.13. The van der Waals surface area contributed by atoms with Crippen molar-refractivity contribution in [2.75, 3.05) is 17.8 Å². The van der Waals surface area contributed by atoms with Crippen LogP contribution in [0.25, 0.3) is 0 Å². The van der Waals surface area contributed by atoms with Crippen LogP contribution < -0.4 is 4.72 Å². The third-order valence-electron chi connectivity index (χ3n) is 3.64. The summed E-state index contributed by atoms with van der Waals surface area (Å²) in [5.74, 6) is -2.45. The van der Waals surface area contributed by atoms with Gasteiger partial charge in [0.15, 0.2) is 4.90 Å². The lowest BCUT2D eigenvalue weighted by Crippen LogP contribution is -2.30. The van der Waals surface area contributed by atoms with Crippen LogP contribution in [0.4, 0.5) is 14.5 Å². The predicted molar refractivity (Wildman–Crippen MR) is 93.7 cm³/mol. The zero-order chi connectivity index (χ0) is 19.5. The summed E-state index contributed by atoms with van der Waals surface area (Å²) in [5, 5.41) is 0. The second-order valence-electron chi connectivity index (χ2n) is 5.27. The average molecular weight is 404 g/mol. The number of halogens is 2. The van der Waals surface area contributed by atoms with Crippen LogP contribution in [0.5, 0.6) is 0 Å². The molecule has 6 nitrogen and oxygen atoms in total. The fourth-order valence-corrected chi connectivity index (χ4v) is 5.01. The van der Waals surface area contributed by atoms with Gasteiger partial charge in [-0.05, 0) is 36.4 Å². The Morgan fingerprint density at radius 2 is 1.38 bits per heavy atom. The predicted octanol–water partition coefficient (Wildman–Crippen LogP) is 2.80. The van der Waals surface area contributed by atoms with Gasteiger partial charge in [-0.3, -0.25) is 4.72 Å².